The number of nitrogens with one attached hydrogen (secondary N) is 1. The maximum atomic E-state index is 15.7. The van der Waals surface area contributed by atoms with Gasteiger partial charge in [-0.25, -0.2) is 31.1 Å². The maximum Gasteiger partial charge on any atom is 0.320 e. The molecule has 6 nitrogen and oxygen atoms in total. The molecule has 2 aromatic rings. The van der Waals surface area contributed by atoms with E-state index in [9.17, 15) is 22.0 Å². The van der Waals surface area contributed by atoms with E-state index in [1.807, 2.05) is 0 Å². The molecular weight excluding hydrogens is 479 g/mol. The quantitative estimate of drug-likeness (QED) is 0.645. The monoisotopic (exact) mass is 507 g/mol. The van der Waals surface area contributed by atoms with Crippen molar-refractivity contribution < 1.29 is 26.4 Å². The summed E-state index contributed by atoms with van der Waals surface area (Å²) in [6.07, 6.45) is 2.42. The number of benzene rings is 2. The Hall–Kier alpha value is -2.59. The smallest absolute Gasteiger partial charge is 0.320 e. The van der Waals surface area contributed by atoms with Gasteiger partial charge in [-0.2, -0.15) is 0 Å². The zero-order chi connectivity index (χ0) is 24.9. The Morgan fingerprint density at radius 1 is 1.09 bits per heavy atom. The van der Waals surface area contributed by atoms with Gasteiger partial charge in [0.05, 0.1) is 11.8 Å². The van der Waals surface area contributed by atoms with Crippen molar-refractivity contribution in [2.45, 2.75) is 50.7 Å². The fraction of sp³-hybridized carbons (Fsp3) is 0.480. The maximum absolute atomic E-state index is 15.7. The highest BCUT2D eigenvalue weighted by Crippen LogP contribution is 2.45. The average Bonchev–Trinajstić information content (AvgIpc) is 2.72. The minimum atomic E-state index is -3.56. The van der Waals surface area contributed by atoms with Crippen molar-refractivity contribution in [1.29, 1.82) is 0 Å². The zero-order valence-electron chi connectivity index (χ0n) is 19.4. The number of fused-ring (bicyclic) bond motifs is 2. The van der Waals surface area contributed by atoms with E-state index in [-0.39, 0.29) is 46.9 Å². The van der Waals surface area contributed by atoms with Gasteiger partial charge in [0, 0.05) is 36.8 Å². The summed E-state index contributed by atoms with van der Waals surface area (Å²) in [6, 6.07) is 6.23. The molecule has 2 bridgehead atoms. The topological polar surface area (TPSA) is 69.7 Å². The van der Waals surface area contributed by atoms with Gasteiger partial charge >= 0.3 is 6.03 Å². The van der Waals surface area contributed by atoms with Crippen molar-refractivity contribution >= 4 is 16.1 Å². The minimum absolute atomic E-state index is 0.0101. The summed E-state index contributed by atoms with van der Waals surface area (Å²) in [5.41, 5.74) is 0.388. The summed E-state index contributed by atoms with van der Waals surface area (Å²) in [5.74, 6) is -2.28. The molecule has 0 spiro atoms. The molecule has 0 radical (unpaired) electrons. The van der Waals surface area contributed by atoms with Crippen LogP contribution in [0, 0.1) is 23.4 Å². The number of halogens is 3. The van der Waals surface area contributed by atoms with E-state index >= 15 is 4.39 Å². The van der Waals surface area contributed by atoms with Crippen molar-refractivity contribution in [1.82, 2.24) is 14.5 Å². The van der Waals surface area contributed by atoms with Crippen LogP contribution in [-0.4, -0.2) is 61.2 Å². The largest absolute Gasteiger partial charge is 0.325 e. The molecule has 2 aromatic carbocycles. The van der Waals surface area contributed by atoms with Crippen LogP contribution in [0.15, 0.2) is 36.4 Å². The van der Waals surface area contributed by atoms with E-state index in [2.05, 4.69) is 4.72 Å². The third kappa shape index (κ3) is 4.53. The first-order chi connectivity index (χ1) is 16.7. The Bertz CT molecular complexity index is 1230. The Labute approximate surface area is 203 Å². The first-order valence-electron chi connectivity index (χ1n) is 12.0. The van der Waals surface area contributed by atoms with Crippen LogP contribution >= 0.6 is 0 Å². The molecule has 1 aliphatic carbocycles. The molecule has 4 aliphatic rings. The molecule has 1 saturated carbocycles. The van der Waals surface area contributed by atoms with Crippen molar-refractivity contribution in [2.24, 2.45) is 5.92 Å². The molecule has 3 aliphatic heterocycles. The van der Waals surface area contributed by atoms with Gasteiger partial charge in [-0.3, -0.25) is 0 Å². The lowest BCUT2D eigenvalue weighted by atomic mass is 9.66. The number of piperidine rings is 2. The number of urea groups is 1. The van der Waals surface area contributed by atoms with E-state index in [1.165, 1.54) is 6.07 Å². The number of rotatable bonds is 6. The van der Waals surface area contributed by atoms with Crippen molar-refractivity contribution in [2.75, 3.05) is 18.8 Å². The van der Waals surface area contributed by atoms with Gasteiger partial charge in [-0.15, -0.1) is 0 Å². The Morgan fingerprint density at radius 2 is 1.77 bits per heavy atom. The number of nitrogens with zero attached hydrogens (tertiary/aromatic N) is 2. The second-order valence-electron chi connectivity index (χ2n) is 9.67. The SMILES string of the molecule is CCS(=O)(=O)NC1C2CC(C2)N(C(=O)N2CCC2)C1Cc1cccc(-c2cc(F)cc(F)c2)c1F. The van der Waals surface area contributed by atoms with E-state index in [0.717, 1.165) is 24.6 Å². The molecule has 1 N–H and O–H groups in total. The highest BCUT2D eigenvalue weighted by Gasteiger charge is 2.54. The number of sulfonamides is 1. The van der Waals surface area contributed by atoms with E-state index in [4.69, 9.17) is 0 Å². The molecule has 4 fully saturated rings. The first-order valence-corrected chi connectivity index (χ1v) is 13.6. The number of carbonyl (C=O) groups excluding carboxylic acids is 1. The number of carbonyl (C=O) groups is 1. The lowest BCUT2D eigenvalue weighted by molar-refractivity contribution is -0.0378. The Morgan fingerprint density at radius 3 is 2.37 bits per heavy atom. The summed E-state index contributed by atoms with van der Waals surface area (Å²) < 4.78 is 71.1. The van der Waals surface area contributed by atoms with Crippen molar-refractivity contribution in [3.63, 3.8) is 0 Å². The van der Waals surface area contributed by atoms with Crippen LogP contribution in [0.3, 0.4) is 0 Å². The Balaban J connectivity index is 1.51. The van der Waals surface area contributed by atoms with Gasteiger partial charge in [0.2, 0.25) is 10.0 Å². The third-order valence-electron chi connectivity index (χ3n) is 7.55. The van der Waals surface area contributed by atoms with Gasteiger partial charge < -0.3 is 9.80 Å². The summed E-state index contributed by atoms with van der Waals surface area (Å²) >= 11 is 0. The van der Waals surface area contributed by atoms with Crippen LogP contribution in [0.1, 0.15) is 31.7 Å². The number of likely N-dealkylation sites (tertiary alicyclic amines) is 1. The normalized spacial score (nSPS) is 25.7. The van der Waals surface area contributed by atoms with Gasteiger partial charge in [0.25, 0.3) is 0 Å². The summed E-state index contributed by atoms with van der Waals surface area (Å²) in [4.78, 5) is 16.8. The number of amides is 2. The van der Waals surface area contributed by atoms with Gasteiger partial charge in [0.15, 0.2) is 0 Å². The molecule has 2 unspecified atom stereocenters. The predicted molar refractivity (Wildman–Crippen MR) is 126 cm³/mol. The zero-order valence-corrected chi connectivity index (χ0v) is 20.2. The second-order valence-corrected chi connectivity index (χ2v) is 11.7. The van der Waals surface area contributed by atoms with Gasteiger partial charge in [-0.1, -0.05) is 18.2 Å². The van der Waals surface area contributed by atoms with E-state index in [0.29, 0.717) is 25.9 Å². The lowest BCUT2D eigenvalue weighted by Crippen LogP contribution is -2.72. The summed E-state index contributed by atoms with van der Waals surface area (Å²) in [7, 11) is -3.56. The highest BCUT2D eigenvalue weighted by atomic mass is 32.2. The van der Waals surface area contributed by atoms with Crippen LogP contribution in [0.2, 0.25) is 0 Å². The lowest BCUT2D eigenvalue weighted by Gasteiger charge is -2.59. The highest BCUT2D eigenvalue weighted by molar-refractivity contribution is 7.89. The molecule has 188 valence electrons. The molecule has 10 heteroatoms. The molecule has 35 heavy (non-hydrogen) atoms. The summed E-state index contributed by atoms with van der Waals surface area (Å²) in [6.45, 7) is 2.85. The molecule has 6 rings (SSSR count). The van der Waals surface area contributed by atoms with Crippen LogP contribution in [0.4, 0.5) is 18.0 Å². The van der Waals surface area contributed by atoms with Gasteiger partial charge in [-0.05, 0) is 61.8 Å². The number of hydrogen-bond donors (Lipinski definition) is 1. The van der Waals surface area contributed by atoms with Crippen molar-refractivity contribution in [3.05, 3.63) is 59.4 Å². The first kappa shape index (κ1) is 24.1. The average molecular weight is 508 g/mol. The molecular formula is C25H28F3N3O3S. The van der Waals surface area contributed by atoms with Crippen LogP contribution < -0.4 is 4.72 Å². The third-order valence-corrected chi connectivity index (χ3v) is 8.94. The van der Waals surface area contributed by atoms with Crippen LogP contribution in [0.25, 0.3) is 11.1 Å². The molecule has 3 heterocycles. The van der Waals surface area contributed by atoms with E-state index < -0.39 is 39.6 Å². The molecule has 2 atom stereocenters. The molecule has 2 amide bonds. The van der Waals surface area contributed by atoms with Crippen molar-refractivity contribution in [3.8, 4) is 11.1 Å². The van der Waals surface area contributed by atoms with E-state index in [1.54, 1.807) is 28.9 Å². The van der Waals surface area contributed by atoms with Crippen LogP contribution in [0.5, 0.6) is 0 Å². The predicted octanol–water partition coefficient (Wildman–Crippen LogP) is 3.91. The Kier molecular flexibility index (Phi) is 6.29. The molecule has 3 saturated heterocycles. The van der Waals surface area contributed by atoms with Gasteiger partial charge in [0.1, 0.15) is 17.5 Å². The van der Waals surface area contributed by atoms with Crippen LogP contribution in [-0.2, 0) is 16.4 Å². The number of hydrogen-bond acceptors (Lipinski definition) is 3. The summed E-state index contributed by atoms with van der Waals surface area (Å²) in [5, 5.41) is 0. The fourth-order valence-corrected chi connectivity index (χ4v) is 6.39. The molecule has 0 aromatic heterocycles. The standard InChI is InChI=1S/C25H28F3N3O3S/c1-2-35(33,34)29-24-17-11-20(12-17)31(25(32)30-7-4-8-30)22(24)13-15-5-3-6-21(23(15)28)16-9-18(26)14-19(27)10-16/h3,5-6,9-10,14,17,20,22,24,29H,2,4,7-8,11-13H2,1H3. The second kappa shape index (κ2) is 9.13. The fourth-order valence-electron chi connectivity index (χ4n) is 5.46. The minimum Gasteiger partial charge on any atom is -0.325 e.